The highest BCUT2D eigenvalue weighted by Crippen LogP contribution is 2.28. The zero-order valence-electron chi connectivity index (χ0n) is 15.9. The van der Waals surface area contributed by atoms with Gasteiger partial charge >= 0.3 is 23.4 Å². The molecule has 2 N–H and O–H groups in total. The summed E-state index contributed by atoms with van der Waals surface area (Å²) in [7, 11) is 0. The van der Waals surface area contributed by atoms with E-state index in [1.807, 2.05) is 10.9 Å². The number of aliphatic hydroxyl groups is 1. The molecule has 0 fully saturated rings. The molecule has 0 amide bonds. The van der Waals surface area contributed by atoms with E-state index in [1.54, 1.807) is 36.4 Å². The molecule has 1 atom stereocenters. The zero-order valence-corrected chi connectivity index (χ0v) is 15.9. The molecule has 9 nitrogen and oxygen atoms in total. The van der Waals surface area contributed by atoms with Crippen LogP contribution in [0.15, 0.2) is 82.5 Å². The number of nitrogens with one attached hydrogen (secondary N) is 1. The van der Waals surface area contributed by atoms with Crippen molar-refractivity contribution in [2.24, 2.45) is 0 Å². The van der Waals surface area contributed by atoms with Gasteiger partial charge in [0.2, 0.25) is 6.23 Å². The van der Waals surface area contributed by atoms with E-state index in [0.29, 0.717) is 4.57 Å². The van der Waals surface area contributed by atoms with Gasteiger partial charge in [-0.15, -0.1) is 6.42 Å². The number of hydrogen-bond acceptors (Lipinski definition) is 7. The van der Waals surface area contributed by atoms with Crippen molar-refractivity contribution in [2.75, 3.05) is 0 Å². The number of hydrogen-bond donors (Lipinski definition) is 2. The van der Waals surface area contributed by atoms with Gasteiger partial charge in [-0.25, -0.2) is 14.4 Å². The van der Waals surface area contributed by atoms with Crippen LogP contribution in [0, 0.1) is 12.3 Å². The van der Waals surface area contributed by atoms with E-state index in [0.717, 1.165) is 12.3 Å². The average Bonchev–Trinajstić information content (AvgIpc) is 2.79. The van der Waals surface area contributed by atoms with Crippen LogP contribution in [0.1, 0.15) is 26.9 Å². The van der Waals surface area contributed by atoms with Crippen LogP contribution in [-0.2, 0) is 9.47 Å². The first-order valence-corrected chi connectivity index (χ1v) is 8.90. The highest BCUT2D eigenvalue weighted by Gasteiger charge is 2.47. The Kier molecular flexibility index (Phi) is 6.14. The maximum atomic E-state index is 12.6. The number of aromatic nitrogens is 2. The second kappa shape index (κ2) is 8.94. The Hall–Kier alpha value is -4.42. The van der Waals surface area contributed by atoms with Crippen molar-refractivity contribution in [2.45, 2.75) is 12.0 Å². The van der Waals surface area contributed by atoms with Crippen LogP contribution >= 0.6 is 0 Å². The minimum absolute atomic E-state index is 0.0545. The van der Waals surface area contributed by atoms with E-state index >= 15 is 0 Å². The zero-order chi connectivity index (χ0) is 22.4. The molecular formula is C22H16N2O7. The summed E-state index contributed by atoms with van der Waals surface area (Å²) in [5.74, 6) is -2.80. The summed E-state index contributed by atoms with van der Waals surface area (Å²) in [5, 5.41) is 10.8. The van der Waals surface area contributed by atoms with Gasteiger partial charge < -0.3 is 14.6 Å². The molecule has 2 aromatic carbocycles. The normalized spacial score (nSPS) is 11.7. The molecule has 31 heavy (non-hydrogen) atoms. The van der Waals surface area contributed by atoms with Crippen LogP contribution in [0.5, 0.6) is 0 Å². The van der Waals surface area contributed by atoms with Gasteiger partial charge in [0.05, 0.1) is 11.1 Å². The van der Waals surface area contributed by atoms with E-state index in [1.165, 1.54) is 24.3 Å². The SMILES string of the molecule is C#CC(OC(=O)c1ccccc1)(OC(=O)c1ccccc1)[C@@H](O)n1ccc(=O)[nH]c1=O. The second-order valence-corrected chi connectivity index (χ2v) is 6.21. The lowest BCUT2D eigenvalue weighted by molar-refractivity contribution is -0.211. The van der Waals surface area contributed by atoms with Crippen molar-refractivity contribution in [3.8, 4) is 12.3 Å². The van der Waals surface area contributed by atoms with Crippen LogP contribution in [0.3, 0.4) is 0 Å². The van der Waals surface area contributed by atoms with Gasteiger partial charge in [-0.2, -0.15) is 0 Å². The Labute approximate surface area is 175 Å². The smallest absolute Gasteiger partial charge is 0.368 e. The van der Waals surface area contributed by atoms with E-state index in [-0.39, 0.29) is 11.1 Å². The van der Waals surface area contributed by atoms with E-state index in [2.05, 4.69) is 0 Å². The molecule has 3 aromatic rings. The van der Waals surface area contributed by atoms with Crippen LogP contribution in [0.4, 0.5) is 0 Å². The lowest BCUT2D eigenvalue weighted by Crippen LogP contribution is -2.49. The molecule has 0 aliphatic rings. The van der Waals surface area contributed by atoms with Crippen molar-refractivity contribution in [3.63, 3.8) is 0 Å². The topological polar surface area (TPSA) is 128 Å². The Morgan fingerprint density at radius 3 is 1.84 bits per heavy atom. The summed E-state index contributed by atoms with van der Waals surface area (Å²) < 4.78 is 11.1. The van der Waals surface area contributed by atoms with Crippen molar-refractivity contribution in [1.82, 2.24) is 9.55 Å². The summed E-state index contributed by atoms with van der Waals surface area (Å²) >= 11 is 0. The Morgan fingerprint density at radius 2 is 1.42 bits per heavy atom. The fourth-order valence-electron chi connectivity index (χ4n) is 2.60. The second-order valence-electron chi connectivity index (χ2n) is 6.21. The maximum Gasteiger partial charge on any atom is 0.368 e. The number of rotatable bonds is 6. The number of aliphatic hydroxyl groups excluding tert-OH is 1. The number of ether oxygens (including phenoxy) is 2. The number of carbonyl (C=O) groups excluding carboxylic acids is 2. The molecule has 0 radical (unpaired) electrons. The molecule has 9 heteroatoms. The van der Waals surface area contributed by atoms with Crippen molar-refractivity contribution < 1.29 is 24.2 Å². The predicted molar refractivity (Wildman–Crippen MR) is 108 cm³/mol. The average molecular weight is 420 g/mol. The molecule has 3 rings (SSSR count). The minimum Gasteiger partial charge on any atom is -0.403 e. The van der Waals surface area contributed by atoms with Gasteiger partial charge in [-0.3, -0.25) is 14.3 Å². The molecule has 0 unspecified atom stereocenters. The quantitative estimate of drug-likeness (QED) is 0.347. The molecular weight excluding hydrogens is 404 g/mol. The lowest BCUT2D eigenvalue weighted by Gasteiger charge is -2.32. The van der Waals surface area contributed by atoms with Crippen LogP contribution < -0.4 is 11.2 Å². The van der Waals surface area contributed by atoms with Crippen LogP contribution in [0.25, 0.3) is 0 Å². The number of H-pyrrole nitrogens is 1. The first-order valence-electron chi connectivity index (χ1n) is 8.90. The largest absolute Gasteiger partial charge is 0.403 e. The molecule has 156 valence electrons. The summed E-state index contributed by atoms with van der Waals surface area (Å²) in [6.45, 7) is 0. The minimum atomic E-state index is -2.73. The summed E-state index contributed by atoms with van der Waals surface area (Å²) in [6, 6.07) is 16.2. The van der Waals surface area contributed by atoms with Gasteiger partial charge in [0.1, 0.15) is 0 Å². The molecule has 0 spiro atoms. The molecule has 0 aliphatic carbocycles. The fourth-order valence-corrected chi connectivity index (χ4v) is 2.60. The van der Waals surface area contributed by atoms with Gasteiger partial charge in [0.25, 0.3) is 5.56 Å². The van der Waals surface area contributed by atoms with Crippen LogP contribution in [0.2, 0.25) is 0 Å². The first-order chi connectivity index (χ1) is 14.9. The first kappa shape index (κ1) is 21.3. The van der Waals surface area contributed by atoms with Gasteiger partial charge in [0, 0.05) is 12.3 Å². The molecule has 0 saturated heterocycles. The molecule has 0 saturated carbocycles. The Bertz CT molecular complexity index is 1190. The van der Waals surface area contributed by atoms with Crippen LogP contribution in [-0.4, -0.2) is 32.4 Å². The van der Waals surface area contributed by atoms with E-state index in [4.69, 9.17) is 15.9 Å². The summed E-state index contributed by atoms with van der Waals surface area (Å²) in [6.07, 6.45) is 4.27. The summed E-state index contributed by atoms with van der Waals surface area (Å²) in [5.41, 5.74) is -1.69. The summed E-state index contributed by atoms with van der Waals surface area (Å²) in [4.78, 5) is 50.7. The number of terminal acetylenes is 1. The molecule has 0 bridgehead atoms. The highest BCUT2D eigenvalue weighted by molar-refractivity contribution is 5.91. The standard InChI is InChI=1S/C22H16N2O7/c1-2-22(30-18(26)15-9-5-3-6-10-15,31-19(27)16-11-7-4-8-12-16)20(28)24-14-13-17(25)23-21(24)29/h1,3-14,20,28H,(H,23,25,29)/t20-/m1/s1. The van der Waals surface area contributed by atoms with E-state index < -0.39 is 35.2 Å². The number of aromatic amines is 1. The maximum absolute atomic E-state index is 12.6. The number of carbonyl (C=O) groups is 2. The third-order valence-corrected chi connectivity index (χ3v) is 4.16. The van der Waals surface area contributed by atoms with Crippen molar-refractivity contribution in [1.29, 1.82) is 0 Å². The third kappa shape index (κ3) is 4.60. The predicted octanol–water partition coefficient (Wildman–Crippen LogP) is 1.07. The number of nitrogens with zero attached hydrogens (tertiary/aromatic N) is 1. The van der Waals surface area contributed by atoms with E-state index in [9.17, 15) is 24.3 Å². The Morgan fingerprint density at radius 1 is 0.935 bits per heavy atom. The molecule has 1 aromatic heterocycles. The molecule has 0 aliphatic heterocycles. The fraction of sp³-hybridized carbons (Fsp3) is 0.0909. The lowest BCUT2D eigenvalue weighted by atomic mass is 10.2. The van der Waals surface area contributed by atoms with Gasteiger partial charge in [-0.1, -0.05) is 36.4 Å². The Balaban J connectivity index is 2.05. The number of benzene rings is 2. The number of esters is 2. The molecule has 1 heterocycles. The highest BCUT2D eigenvalue weighted by atomic mass is 16.7. The third-order valence-electron chi connectivity index (χ3n) is 4.16. The van der Waals surface area contributed by atoms with Gasteiger partial charge in [-0.05, 0) is 30.2 Å². The monoisotopic (exact) mass is 420 g/mol. The van der Waals surface area contributed by atoms with Crippen molar-refractivity contribution >= 4 is 11.9 Å². The van der Waals surface area contributed by atoms with Gasteiger partial charge in [0.15, 0.2) is 0 Å². The van der Waals surface area contributed by atoms with Crippen molar-refractivity contribution in [3.05, 3.63) is 105 Å².